The second-order valence-electron chi connectivity index (χ2n) is 7.18. The monoisotopic (exact) mass is 421 g/mol. The van der Waals surface area contributed by atoms with Crippen LogP contribution in [0.15, 0.2) is 54.6 Å². The highest BCUT2D eigenvalue weighted by atomic mass is 32.1. The number of hydrogen-bond acceptors (Lipinski definition) is 5. The molecular formula is C22H23N5O2S. The molecule has 154 valence electrons. The van der Waals surface area contributed by atoms with Crippen molar-refractivity contribution in [3.63, 3.8) is 0 Å². The standard InChI is InChI=1S/C22H23N5O2S/c1-15-19(20(28)24-13-16-5-3-2-4-6-16)30-21(25-15)27-12-11-26(22(27)29)14-17-7-9-18(23)10-8-17/h2-10H,11-14,23H2,1H3,(H,24,28). The van der Waals surface area contributed by atoms with Crippen LogP contribution in [0.2, 0.25) is 0 Å². The zero-order valence-corrected chi connectivity index (χ0v) is 17.5. The lowest BCUT2D eigenvalue weighted by molar-refractivity contribution is 0.0954. The number of benzene rings is 2. The van der Waals surface area contributed by atoms with E-state index < -0.39 is 0 Å². The maximum absolute atomic E-state index is 12.9. The summed E-state index contributed by atoms with van der Waals surface area (Å²) in [5.41, 5.74) is 9.11. The molecule has 0 radical (unpaired) electrons. The van der Waals surface area contributed by atoms with Crippen LogP contribution in [0.3, 0.4) is 0 Å². The highest BCUT2D eigenvalue weighted by molar-refractivity contribution is 7.17. The second kappa shape index (κ2) is 8.54. The van der Waals surface area contributed by atoms with Gasteiger partial charge in [0.25, 0.3) is 5.91 Å². The number of nitrogens with zero attached hydrogens (tertiary/aromatic N) is 3. The van der Waals surface area contributed by atoms with Crippen molar-refractivity contribution in [2.45, 2.75) is 20.0 Å². The van der Waals surface area contributed by atoms with E-state index in [0.29, 0.717) is 47.6 Å². The lowest BCUT2D eigenvalue weighted by atomic mass is 10.2. The van der Waals surface area contributed by atoms with Crippen LogP contribution in [0, 0.1) is 6.92 Å². The molecule has 0 saturated carbocycles. The van der Waals surface area contributed by atoms with Crippen LogP contribution in [0.4, 0.5) is 15.6 Å². The number of nitrogens with two attached hydrogens (primary N) is 1. The highest BCUT2D eigenvalue weighted by Gasteiger charge is 2.32. The van der Waals surface area contributed by atoms with Crippen molar-refractivity contribution in [3.05, 3.63) is 76.3 Å². The number of aryl methyl sites for hydroxylation is 1. The van der Waals surface area contributed by atoms with Gasteiger partial charge >= 0.3 is 6.03 Å². The topological polar surface area (TPSA) is 91.6 Å². The molecular weight excluding hydrogens is 398 g/mol. The largest absolute Gasteiger partial charge is 0.399 e. The molecule has 0 spiro atoms. The average molecular weight is 422 g/mol. The van der Waals surface area contributed by atoms with Gasteiger partial charge in [-0.25, -0.2) is 9.78 Å². The van der Waals surface area contributed by atoms with Gasteiger partial charge in [-0.3, -0.25) is 9.69 Å². The number of hydrogen-bond donors (Lipinski definition) is 2. The number of carbonyl (C=O) groups is 2. The Hall–Kier alpha value is -3.39. The molecule has 1 aliphatic rings. The van der Waals surface area contributed by atoms with E-state index in [-0.39, 0.29) is 11.9 Å². The van der Waals surface area contributed by atoms with Gasteiger partial charge in [0.2, 0.25) is 0 Å². The van der Waals surface area contributed by atoms with Crippen LogP contribution in [-0.2, 0) is 13.1 Å². The number of thiazole rings is 1. The minimum Gasteiger partial charge on any atom is -0.399 e. The third-order valence-electron chi connectivity index (χ3n) is 4.97. The number of amides is 3. The van der Waals surface area contributed by atoms with Crippen LogP contribution < -0.4 is 16.0 Å². The molecule has 1 saturated heterocycles. The predicted octanol–water partition coefficient (Wildman–Crippen LogP) is 3.41. The summed E-state index contributed by atoms with van der Waals surface area (Å²) in [6.45, 7) is 3.92. The minimum atomic E-state index is -0.175. The smallest absolute Gasteiger partial charge is 0.326 e. The van der Waals surface area contributed by atoms with Gasteiger partial charge in [0.05, 0.1) is 5.69 Å². The number of urea groups is 1. The van der Waals surface area contributed by atoms with Crippen molar-refractivity contribution in [2.24, 2.45) is 0 Å². The summed E-state index contributed by atoms with van der Waals surface area (Å²) in [6.07, 6.45) is 0. The number of aromatic nitrogens is 1. The summed E-state index contributed by atoms with van der Waals surface area (Å²) in [5, 5.41) is 3.48. The highest BCUT2D eigenvalue weighted by Crippen LogP contribution is 2.29. The lowest BCUT2D eigenvalue weighted by Crippen LogP contribution is -2.31. The first-order chi connectivity index (χ1) is 14.5. The first kappa shape index (κ1) is 19.9. The Kier molecular flexibility index (Phi) is 5.67. The Morgan fingerprint density at radius 2 is 1.83 bits per heavy atom. The van der Waals surface area contributed by atoms with Crippen LogP contribution in [-0.4, -0.2) is 34.9 Å². The summed E-state index contributed by atoms with van der Waals surface area (Å²) in [7, 11) is 0. The fraction of sp³-hybridized carbons (Fsp3) is 0.227. The number of nitrogen functional groups attached to an aromatic ring is 1. The van der Waals surface area contributed by atoms with Crippen molar-refractivity contribution >= 4 is 34.1 Å². The van der Waals surface area contributed by atoms with E-state index in [4.69, 9.17) is 5.73 Å². The molecule has 1 aliphatic heterocycles. The van der Waals surface area contributed by atoms with Crippen molar-refractivity contribution in [1.82, 2.24) is 15.2 Å². The second-order valence-corrected chi connectivity index (χ2v) is 8.15. The SMILES string of the molecule is Cc1nc(N2CCN(Cc3ccc(N)cc3)C2=O)sc1C(=O)NCc1ccccc1. The zero-order valence-electron chi connectivity index (χ0n) is 16.7. The first-order valence-electron chi connectivity index (χ1n) is 9.71. The van der Waals surface area contributed by atoms with Crippen LogP contribution in [0.5, 0.6) is 0 Å². The third-order valence-corrected chi connectivity index (χ3v) is 6.15. The van der Waals surface area contributed by atoms with Crippen LogP contribution in [0.25, 0.3) is 0 Å². The van der Waals surface area contributed by atoms with E-state index in [1.54, 1.807) is 16.7 Å². The quantitative estimate of drug-likeness (QED) is 0.597. The molecule has 2 heterocycles. The van der Waals surface area contributed by atoms with Crippen molar-refractivity contribution in [1.29, 1.82) is 0 Å². The van der Waals surface area contributed by atoms with E-state index >= 15 is 0 Å². The molecule has 2 aromatic carbocycles. The van der Waals surface area contributed by atoms with Gasteiger partial charge in [-0.1, -0.05) is 53.8 Å². The Morgan fingerprint density at radius 3 is 2.57 bits per heavy atom. The van der Waals surface area contributed by atoms with E-state index in [0.717, 1.165) is 11.1 Å². The maximum atomic E-state index is 12.9. The zero-order chi connectivity index (χ0) is 21.1. The maximum Gasteiger partial charge on any atom is 0.326 e. The van der Waals surface area contributed by atoms with Crippen LogP contribution in [0.1, 0.15) is 26.5 Å². The number of rotatable bonds is 6. The normalized spacial score (nSPS) is 13.7. The van der Waals surface area contributed by atoms with E-state index in [1.165, 1.54) is 11.3 Å². The minimum absolute atomic E-state index is 0.100. The van der Waals surface area contributed by atoms with Crippen LogP contribution >= 0.6 is 11.3 Å². The number of carbonyl (C=O) groups excluding carboxylic acids is 2. The summed E-state index contributed by atoms with van der Waals surface area (Å²) in [5.74, 6) is -0.175. The fourth-order valence-electron chi connectivity index (χ4n) is 3.32. The molecule has 8 heteroatoms. The van der Waals surface area contributed by atoms with E-state index in [1.807, 2.05) is 54.6 Å². The van der Waals surface area contributed by atoms with Gasteiger partial charge in [-0.15, -0.1) is 0 Å². The van der Waals surface area contributed by atoms with E-state index in [2.05, 4.69) is 10.3 Å². The summed E-state index contributed by atoms with van der Waals surface area (Å²) >= 11 is 1.25. The molecule has 1 fully saturated rings. The number of nitrogens with one attached hydrogen (secondary N) is 1. The Morgan fingerprint density at radius 1 is 1.10 bits per heavy atom. The average Bonchev–Trinajstić information content (AvgIpc) is 3.31. The number of anilines is 2. The summed E-state index contributed by atoms with van der Waals surface area (Å²) < 4.78 is 0. The lowest BCUT2D eigenvalue weighted by Gasteiger charge is -2.17. The van der Waals surface area contributed by atoms with Gasteiger partial charge < -0.3 is 16.0 Å². The van der Waals surface area contributed by atoms with Crippen molar-refractivity contribution in [3.8, 4) is 0 Å². The molecule has 3 N–H and O–H groups in total. The molecule has 7 nitrogen and oxygen atoms in total. The third kappa shape index (κ3) is 4.28. The molecule has 0 bridgehead atoms. The molecule has 1 aromatic heterocycles. The molecule has 30 heavy (non-hydrogen) atoms. The summed E-state index contributed by atoms with van der Waals surface area (Å²) in [4.78, 5) is 33.9. The van der Waals surface area contributed by atoms with Gasteiger partial charge in [0.15, 0.2) is 5.13 Å². The Labute approximate surface area is 179 Å². The molecule has 0 aliphatic carbocycles. The summed E-state index contributed by atoms with van der Waals surface area (Å²) in [6, 6.07) is 17.1. The van der Waals surface area contributed by atoms with Gasteiger partial charge in [0, 0.05) is 31.9 Å². The molecule has 4 rings (SSSR count). The fourth-order valence-corrected chi connectivity index (χ4v) is 4.32. The molecule has 0 unspecified atom stereocenters. The molecule has 0 atom stereocenters. The van der Waals surface area contributed by atoms with Gasteiger partial charge in [-0.2, -0.15) is 0 Å². The van der Waals surface area contributed by atoms with Gasteiger partial charge in [0.1, 0.15) is 4.88 Å². The van der Waals surface area contributed by atoms with Crippen molar-refractivity contribution in [2.75, 3.05) is 23.7 Å². The first-order valence-corrected chi connectivity index (χ1v) is 10.5. The molecule has 3 amide bonds. The Balaban J connectivity index is 1.41. The van der Waals surface area contributed by atoms with Gasteiger partial charge in [-0.05, 0) is 30.2 Å². The molecule has 3 aromatic rings. The Bertz CT molecular complexity index is 1050. The van der Waals surface area contributed by atoms with E-state index in [9.17, 15) is 9.59 Å². The predicted molar refractivity (Wildman–Crippen MR) is 118 cm³/mol. The van der Waals surface area contributed by atoms with Crippen molar-refractivity contribution < 1.29 is 9.59 Å².